The summed E-state index contributed by atoms with van der Waals surface area (Å²) in [6, 6.07) is 10.4. The first-order chi connectivity index (χ1) is 16.5. The van der Waals surface area contributed by atoms with E-state index in [0.717, 1.165) is 24.0 Å². The number of nitrogens with one attached hydrogen (secondary N) is 1. The molecule has 1 spiro atoms. The summed E-state index contributed by atoms with van der Waals surface area (Å²) in [7, 11) is 0. The van der Waals surface area contributed by atoms with Crippen LogP contribution in [0.3, 0.4) is 0 Å². The lowest BCUT2D eigenvalue weighted by Crippen LogP contribution is -2.59. The number of pyridine rings is 1. The molecule has 2 saturated heterocycles. The fourth-order valence-corrected chi connectivity index (χ4v) is 4.96. The Bertz CT molecular complexity index is 1080. The van der Waals surface area contributed by atoms with Crippen LogP contribution in [0.5, 0.6) is 0 Å². The summed E-state index contributed by atoms with van der Waals surface area (Å²) < 4.78 is 6.25. The predicted molar refractivity (Wildman–Crippen MR) is 124 cm³/mol. The van der Waals surface area contributed by atoms with Gasteiger partial charge in [0.15, 0.2) is 0 Å². The third kappa shape index (κ3) is 4.42. The molecule has 1 aliphatic carbocycles. The monoisotopic (exact) mass is 462 g/mol. The zero-order chi connectivity index (χ0) is 23.7. The molecule has 1 aromatic carbocycles. The lowest BCUT2D eigenvalue weighted by Gasteiger charge is -2.44. The first-order valence-corrected chi connectivity index (χ1v) is 12.0. The molecule has 8 nitrogen and oxygen atoms in total. The van der Waals surface area contributed by atoms with Crippen molar-refractivity contribution in [2.45, 2.75) is 50.9 Å². The fourth-order valence-electron chi connectivity index (χ4n) is 4.96. The number of carbonyl (C=O) groups excluding carboxylic acids is 3. The maximum Gasteiger partial charge on any atom is 0.256 e. The van der Waals surface area contributed by atoms with Crippen LogP contribution < -0.4 is 5.32 Å². The van der Waals surface area contributed by atoms with Gasteiger partial charge in [-0.3, -0.25) is 24.3 Å². The minimum atomic E-state index is -0.889. The SMILES string of the molecule is Cc1cccc(C(=O)N2C(C(=O)NCc3ccncc3)COC23CCN(C(=O)C2CC2)CC3)c1. The van der Waals surface area contributed by atoms with Crippen LogP contribution in [0.2, 0.25) is 0 Å². The number of aromatic nitrogens is 1. The lowest BCUT2D eigenvalue weighted by atomic mass is 9.96. The quantitative estimate of drug-likeness (QED) is 0.736. The highest BCUT2D eigenvalue weighted by atomic mass is 16.5. The molecule has 2 aliphatic heterocycles. The van der Waals surface area contributed by atoms with Crippen LogP contribution in [-0.4, -0.2) is 64.0 Å². The number of rotatable bonds is 5. The highest BCUT2D eigenvalue weighted by molar-refractivity contribution is 5.98. The third-order valence-electron chi connectivity index (χ3n) is 7.05. The molecule has 1 N–H and O–H groups in total. The number of amides is 3. The summed E-state index contributed by atoms with van der Waals surface area (Å²) in [5, 5.41) is 2.96. The van der Waals surface area contributed by atoms with Crippen LogP contribution in [0.25, 0.3) is 0 Å². The Balaban J connectivity index is 1.37. The first kappa shape index (κ1) is 22.5. The van der Waals surface area contributed by atoms with Crippen LogP contribution >= 0.6 is 0 Å². The standard InChI is InChI=1S/C26H30N4O4/c1-18-3-2-4-21(15-18)25(33)30-22(23(31)28-16-19-7-11-27-12-8-19)17-34-26(30)9-13-29(14-10-26)24(32)20-5-6-20/h2-4,7-8,11-12,15,20,22H,5-6,9-10,13-14,16-17H2,1H3,(H,28,31). The van der Waals surface area contributed by atoms with Gasteiger partial charge in [0.1, 0.15) is 11.8 Å². The predicted octanol–water partition coefficient (Wildman–Crippen LogP) is 2.28. The molecule has 1 unspecified atom stereocenters. The van der Waals surface area contributed by atoms with E-state index in [0.29, 0.717) is 38.0 Å². The lowest BCUT2D eigenvalue weighted by molar-refractivity contribution is -0.144. The molecule has 1 saturated carbocycles. The van der Waals surface area contributed by atoms with E-state index in [4.69, 9.17) is 4.74 Å². The average Bonchev–Trinajstić information content (AvgIpc) is 3.65. The van der Waals surface area contributed by atoms with Crippen molar-refractivity contribution in [2.75, 3.05) is 19.7 Å². The van der Waals surface area contributed by atoms with Gasteiger partial charge in [-0.2, -0.15) is 0 Å². The van der Waals surface area contributed by atoms with E-state index in [1.165, 1.54) is 0 Å². The van der Waals surface area contributed by atoms with Crippen molar-refractivity contribution in [1.29, 1.82) is 0 Å². The van der Waals surface area contributed by atoms with Crippen molar-refractivity contribution in [3.8, 4) is 0 Å². The molecular formula is C26H30N4O4. The molecule has 3 aliphatic rings. The molecule has 1 aromatic heterocycles. The van der Waals surface area contributed by atoms with Crippen molar-refractivity contribution in [1.82, 2.24) is 20.1 Å². The summed E-state index contributed by atoms with van der Waals surface area (Å²) in [6.45, 7) is 3.47. The molecule has 8 heteroatoms. The van der Waals surface area contributed by atoms with E-state index in [-0.39, 0.29) is 30.2 Å². The molecular weight excluding hydrogens is 432 g/mol. The Kier molecular flexibility index (Phi) is 6.08. The number of likely N-dealkylation sites (tertiary alicyclic amines) is 1. The van der Waals surface area contributed by atoms with Crippen molar-refractivity contribution < 1.29 is 19.1 Å². The minimum absolute atomic E-state index is 0.135. The van der Waals surface area contributed by atoms with Gasteiger partial charge in [0.05, 0.1) is 6.61 Å². The second-order valence-electron chi connectivity index (χ2n) is 9.49. The molecule has 0 radical (unpaired) electrons. The normalized spacial score (nSPS) is 21.5. The third-order valence-corrected chi connectivity index (χ3v) is 7.05. The molecule has 178 valence electrons. The molecule has 5 rings (SSSR count). The maximum absolute atomic E-state index is 13.8. The van der Waals surface area contributed by atoms with E-state index in [2.05, 4.69) is 10.3 Å². The molecule has 3 fully saturated rings. The number of nitrogens with zero attached hydrogens (tertiary/aromatic N) is 3. The first-order valence-electron chi connectivity index (χ1n) is 12.0. The summed E-state index contributed by atoms with van der Waals surface area (Å²) >= 11 is 0. The van der Waals surface area contributed by atoms with Gasteiger partial charge in [0.2, 0.25) is 11.8 Å². The van der Waals surface area contributed by atoms with Gasteiger partial charge in [-0.15, -0.1) is 0 Å². The number of hydrogen-bond acceptors (Lipinski definition) is 5. The van der Waals surface area contributed by atoms with Gasteiger partial charge in [0.25, 0.3) is 5.91 Å². The molecule has 2 aromatic rings. The molecule has 3 heterocycles. The fraction of sp³-hybridized carbons (Fsp3) is 0.462. The van der Waals surface area contributed by atoms with Gasteiger partial charge >= 0.3 is 0 Å². The second kappa shape index (κ2) is 9.18. The van der Waals surface area contributed by atoms with Gasteiger partial charge in [0, 0.05) is 56.4 Å². The summed E-state index contributed by atoms with van der Waals surface area (Å²) in [5.74, 6) is -0.0928. The van der Waals surface area contributed by atoms with Gasteiger partial charge in [-0.25, -0.2) is 0 Å². The summed E-state index contributed by atoms with van der Waals surface area (Å²) in [5.41, 5.74) is 1.55. The van der Waals surface area contributed by atoms with Crippen molar-refractivity contribution >= 4 is 17.7 Å². The number of hydrogen-bond donors (Lipinski definition) is 1. The average molecular weight is 463 g/mol. The van der Waals surface area contributed by atoms with E-state index in [1.807, 2.05) is 42.2 Å². The molecule has 1 atom stereocenters. The van der Waals surface area contributed by atoms with Crippen LogP contribution in [0.1, 0.15) is 47.2 Å². The van der Waals surface area contributed by atoms with E-state index < -0.39 is 11.8 Å². The minimum Gasteiger partial charge on any atom is -0.353 e. The number of aryl methyl sites for hydroxylation is 1. The summed E-state index contributed by atoms with van der Waals surface area (Å²) in [6.07, 6.45) is 6.29. The highest BCUT2D eigenvalue weighted by Crippen LogP contribution is 2.40. The van der Waals surface area contributed by atoms with Crippen molar-refractivity contribution in [3.05, 3.63) is 65.5 Å². The summed E-state index contributed by atoms with van der Waals surface area (Å²) in [4.78, 5) is 47.1. The van der Waals surface area contributed by atoms with E-state index in [1.54, 1.807) is 23.4 Å². The number of benzene rings is 1. The van der Waals surface area contributed by atoms with Crippen LogP contribution in [0.15, 0.2) is 48.8 Å². The largest absolute Gasteiger partial charge is 0.353 e. The zero-order valence-corrected chi connectivity index (χ0v) is 19.4. The Labute approximate surface area is 199 Å². The maximum atomic E-state index is 13.8. The smallest absolute Gasteiger partial charge is 0.256 e. The Hall–Kier alpha value is -3.26. The van der Waals surface area contributed by atoms with Crippen molar-refractivity contribution in [3.63, 3.8) is 0 Å². The number of ether oxygens (including phenoxy) is 1. The Morgan fingerprint density at radius 3 is 2.53 bits per heavy atom. The van der Waals surface area contributed by atoms with Crippen LogP contribution in [0.4, 0.5) is 0 Å². The Morgan fingerprint density at radius 1 is 1.12 bits per heavy atom. The molecule has 34 heavy (non-hydrogen) atoms. The highest BCUT2D eigenvalue weighted by Gasteiger charge is 2.54. The zero-order valence-electron chi connectivity index (χ0n) is 19.4. The van der Waals surface area contributed by atoms with E-state index in [9.17, 15) is 14.4 Å². The van der Waals surface area contributed by atoms with E-state index >= 15 is 0 Å². The topological polar surface area (TPSA) is 91.8 Å². The van der Waals surface area contributed by atoms with Gasteiger partial charge < -0.3 is 15.0 Å². The molecule has 0 bridgehead atoms. The van der Waals surface area contributed by atoms with Gasteiger partial charge in [-0.05, 0) is 49.6 Å². The van der Waals surface area contributed by atoms with Crippen LogP contribution in [0, 0.1) is 12.8 Å². The van der Waals surface area contributed by atoms with Crippen molar-refractivity contribution in [2.24, 2.45) is 5.92 Å². The number of piperidine rings is 1. The molecule has 3 amide bonds. The van der Waals surface area contributed by atoms with Gasteiger partial charge in [-0.1, -0.05) is 17.7 Å². The second-order valence-corrected chi connectivity index (χ2v) is 9.49. The number of carbonyl (C=O) groups is 3. The van der Waals surface area contributed by atoms with Crippen LogP contribution in [-0.2, 0) is 20.9 Å². The Morgan fingerprint density at radius 2 is 1.85 bits per heavy atom.